The summed E-state index contributed by atoms with van der Waals surface area (Å²) in [6.45, 7) is 2.83. The molecular formula is C25H16F3N3. The van der Waals surface area contributed by atoms with Gasteiger partial charge in [0.2, 0.25) is 0 Å². The number of benzene rings is 3. The van der Waals surface area contributed by atoms with Gasteiger partial charge in [0.25, 0.3) is 0 Å². The summed E-state index contributed by atoms with van der Waals surface area (Å²) in [5, 5.41) is 21.5. The summed E-state index contributed by atoms with van der Waals surface area (Å²) >= 11 is 0. The van der Waals surface area contributed by atoms with E-state index < -0.39 is 11.7 Å². The summed E-state index contributed by atoms with van der Waals surface area (Å²) in [4.78, 5) is 0. The maximum absolute atomic E-state index is 12.9. The smallest absolute Gasteiger partial charge is 0.341 e. The number of fused-ring (bicyclic) bond motifs is 3. The lowest BCUT2D eigenvalue weighted by atomic mass is 9.94. The van der Waals surface area contributed by atoms with Gasteiger partial charge in [-0.1, -0.05) is 36.4 Å². The number of aryl methyl sites for hydroxylation is 1. The maximum atomic E-state index is 12.9. The Balaban J connectivity index is 1.91. The van der Waals surface area contributed by atoms with E-state index in [-0.39, 0.29) is 16.7 Å². The van der Waals surface area contributed by atoms with Gasteiger partial charge in [0.1, 0.15) is 12.1 Å². The van der Waals surface area contributed by atoms with Crippen molar-refractivity contribution in [1.29, 1.82) is 10.5 Å². The molecule has 0 bridgehead atoms. The zero-order valence-corrected chi connectivity index (χ0v) is 16.5. The molecule has 0 atom stereocenters. The number of halogens is 3. The van der Waals surface area contributed by atoms with Crippen molar-refractivity contribution in [2.24, 2.45) is 0 Å². The van der Waals surface area contributed by atoms with Crippen molar-refractivity contribution >= 4 is 33.0 Å². The number of rotatable bonds is 3. The van der Waals surface area contributed by atoms with Gasteiger partial charge in [0.15, 0.2) is 0 Å². The van der Waals surface area contributed by atoms with E-state index in [1.54, 1.807) is 6.07 Å². The quantitative estimate of drug-likeness (QED) is 0.273. The van der Waals surface area contributed by atoms with Crippen LogP contribution in [0, 0.1) is 22.7 Å². The molecule has 152 valence electrons. The average molecular weight is 415 g/mol. The molecule has 0 radical (unpaired) electrons. The van der Waals surface area contributed by atoms with Crippen molar-refractivity contribution in [3.8, 4) is 12.1 Å². The number of nitriles is 2. The lowest BCUT2D eigenvalue weighted by molar-refractivity contribution is -0.137. The molecule has 0 aliphatic heterocycles. The number of para-hydroxylation sites is 1. The van der Waals surface area contributed by atoms with Crippen molar-refractivity contribution in [2.75, 3.05) is 0 Å². The monoisotopic (exact) mass is 415 g/mol. The molecule has 0 saturated carbocycles. The van der Waals surface area contributed by atoms with Crippen LogP contribution < -0.4 is 0 Å². The molecule has 0 unspecified atom stereocenters. The Morgan fingerprint density at radius 1 is 0.806 bits per heavy atom. The predicted octanol–water partition coefficient (Wildman–Crippen LogP) is 6.79. The van der Waals surface area contributed by atoms with Gasteiger partial charge in [0.05, 0.1) is 16.7 Å². The summed E-state index contributed by atoms with van der Waals surface area (Å²) in [5.74, 6) is 0. The molecule has 31 heavy (non-hydrogen) atoms. The van der Waals surface area contributed by atoms with Crippen LogP contribution in [-0.4, -0.2) is 4.57 Å². The fourth-order valence-electron chi connectivity index (χ4n) is 3.91. The first-order valence-corrected chi connectivity index (χ1v) is 9.62. The summed E-state index contributed by atoms with van der Waals surface area (Å²) in [6, 6.07) is 21.8. The zero-order chi connectivity index (χ0) is 22.2. The van der Waals surface area contributed by atoms with Crippen molar-refractivity contribution in [3.63, 3.8) is 0 Å². The number of hydrogen-bond acceptors (Lipinski definition) is 2. The Labute approximate surface area is 176 Å². The number of aromatic nitrogens is 1. The second-order valence-electron chi connectivity index (χ2n) is 7.04. The van der Waals surface area contributed by atoms with Crippen LogP contribution in [0.15, 0.2) is 66.7 Å². The fraction of sp³-hybridized carbons (Fsp3) is 0.120. The third-order valence-corrected chi connectivity index (χ3v) is 5.35. The Kier molecular flexibility index (Phi) is 5.01. The highest BCUT2D eigenvalue weighted by atomic mass is 19.4. The molecule has 4 aromatic rings. The van der Waals surface area contributed by atoms with E-state index >= 15 is 0 Å². The van der Waals surface area contributed by atoms with E-state index in [0.29, 0.717) is 5.56 Å². The molecule has 0 saturated heterocycles. The number of nitrogens with zero attached hydrogens (tertiary/aromatic N) is 3. The van der Waals surface area contributed by atoms with Gasteiger partial charge in [-0.15, -0.1) is 0 Å². The number of alkyl halides is 3. The third kappa shape index (κ3) is 3.43. The van der Waals surface area contributed by atoms with Crippen LogP contribution in [0.25, 0.3) is 33.0 Å². The highest BCUT2D eigenvalue weighted by molar-refractivity contribution is 6.11. The molecule has 0 aliphatic rings. The second-order valence-corrected chi connectivity index (χ2v) is 7.04. The van der Waals surface area contributed by atoms with Crippen molar-refractivity contribution in [3.05, 3.63) is 83.4 Å². The van der Waals surface area contributed by atoms with E-state index in [4.69, 9.17) is 0 Å². The normalized spacial score (nSPS) is 12.5. The summed E-state index contributed by atoms with van der Waals surface area (Å²) in [6.07, 6.45) is -4.47. The van der Waals surface area contributed by atoms with E-state index in [1.807, 2.05) is 42.5 Å². The second kappa shape index (κ2) is 7.66. The van der Waals surface area contributed by atoms with E-state index in [2.05, 4.69) is 17.6 Å². The molecular weight excluding hydrogens is 399 g/mol. The average Bonchev–Trinajstić information content (AvgIpc) is 3.10. The van der Waals surface area contributed by atoms with Crippen LogP contribution in [0.4, 0.5) is 13.2 Å². The molecule has 4 rings (SSSR count). The minimum atomic E-state index is -4.47. The molecule has 6 heteroatoms. The van der Waals surface area contributed by atoms with Gasteiger partial charge < -0.3 is 4.57 Å². The van der Waals surface area contributed by atoms with Gasteiger partial charge in [0, 0.05) is 28.4 Å². The third-order valence-electron chi connectivity index (χ3n) is 5.35. The van der Waals surface area contributed by atoms with Gasteiger partial charge in [-0.05, 0) is 48.4 Å². The fourth-order valence-corrected chi connectivity index (χ4v) is 3.91. The highest BCUT2D eigenvalue weighted by Gasteiger charge is 2.30. The molecule has 0 fully saturated rings. The standard InChI is InChI=1S/C25H16F3N3/c1-2-31-23-6-4-3-5-19(23)20-13-17(9-12-24(20)31)22(15-30)21(14-29)16-7-10-18(11-8-16)25(26,27)28/h3-13H,2H2,1H3/b22-21+. The lowest BCUT2D eigenvalue weighted by Gasteiger charge is -2.09. The molecule has 1 heterocycles. The molecule has 3 nitrogen and oxygen atoms in total. The SMILES string of the molecule is CCn1c2ccccc2c2cc(/C(C#N)=C(\C#N)c3ccc(C(F)(F)F)cc3)ccc21. The summed E-state index contributed by atoms with van der Waals surface area (Å²) in [5.41, 5.74) is 2.25. The molecule has 0 N–H and O–H groups in total. The number of allylic oxidation sites excluding steroid dienone is 2. The summed E-state index contributed by atoms with van der Waals surface area (Å²) < 4.78 is 40.8. The summed E-state index contributed by atoms with van der Waals surface area (Å²) in [7, 11) is 0. The van der Waals surface area contributed by atoms with Crippen LogP contribution in [-0.2, 0) is 12.7 Å². The minimum Gasteiger partial charge on any atom is -0.341 e. The first-order chi connectivity index (χ1) is 14.9. The highest BCUT2D eigenvalue weighted by Crippen LogP contribution is 2.34. The van der Waals surface area contributed by atoms with Crippen LogP contribution in [0.2, 0.25) is 0 Å². The Hall–Kier alpha value is -4.03. The van der Waals surface area contributed by atoms with Gasteiger partial charge in [-0.25, -0.2) is 0 Å². The predicted molar refractivity (Wildman–Crippen MR) is 115 cm³/mol. The minimum absolute atomic E-state index is 0.0369. The molecule has 0 spiro atoms. The molecule has 0 amide bonds. The maximum Gasteiger partial charge on any atom is 0.416 e. The van der Waals surface area contributed by atoms with Gasteiger partial charge >= 0.3 is 6.18 Å². The first-order valence-electron chi connectivity index (χ1n) is 9.62. The van der Waals surface area contributed by atoms with Crippen LogP contribution in [0.5, 0.6) is 0 Å². The van der Waals surface area contributed by atoms with Crippen molar-refractivity contribution < 1.29 is 13.2 Å². The van der Waals surface area contributed by atoms with Crippen LogP contribution in [0.3, 0.4) is 0 Å². The Morgan fingerprint density at radius 2 is 1.39 bits per heavy atom. The zero-order valence-electron chi connectivity index (χ0n) is 16.5. The first kappa shape index (κ1) is 20.3. The topological polar surface area (TPSA) is 52.5 Å². The van der Waals surface area contributed by atoms with Gasteiger partial charge in [-0.2, -0.15) is 23.7 Å². The lowest BCUT2D eigenvalue weighted by Crippen LogP contribution is -2.04. The van der Waals surface area contributed by atoms with Gasteiger partial charge in [-0.3, -0.25) is 0 Å². The molecule has 0 aliphatic carbocycles. The van der Waals surface area contributed by atoms with Crippen molar-refractivity contribution in [1.82, 2.24) is 4.57 Å². The van der Waals surface area contributed by atoms with E-state index in [1.165, 1.54) is 12.1 Å². The Morgan fingerprint density at radius 3 is 2.00 bits per heavy atom. The molecule has 3 aromatic carbocycles. The van der Waals surface area contributed by atoms with Crippen molar-refractivity contribution in [2.45, 2.75) is 19.6 Å². The largest absolute Gasteiger partial charge is 0.416 e. The Bertz CT molecular complexity index is 1410. The number of hydrogen-bond donors (Lipinski definition) is 0. The van der Waals surface area contributed by atoms with E-state index in [9.17, 15) is 23.7 Å². The van der Waals surface area contributed by atoms with E-state index in [0.717, 1.165) is 40.5 Å². The van der Waals surface area contributed by atoms with Crippen LogP contribution in [0.1, 0.15) is 23.6 Å². The van der Waals surface area contributed by atoms with Crippen LogP contribution >= 0.6 is 0 Å². The molecule has 1 aromatic heterocycles.